The molecule has 0 saturated heterocycles. The van der Waals surface area contributed by atoms with Gasteiger partial charge >= 0.3 is 0 Å². The molecule has 0 aromatic heterocycles. The minimum absolute atomic E-state index is 0.712. The summed E-state index contributed by atoms with van der Waals surface area (Å²) in [6, 6.07) is 5.52. The zero-order valence-electron chi connectivity index (χ0n) is 7.22. The Kier molecular flexibility index (Phi) is 4.99. The Balaban J connectivity index is 2.56. The fourth-order valence-electron chi connectivity index (χ4n) is 0.827. The van der Waals surface area contributed by atoms with Crippen LogP contribution in [0.5, 0.6) is 5.75 Å². The molecule has 0 atom stereocenters. The lowest BCUT2D eigenvalue weighted by Crippen LogP contribution is -1.99. The second-order valence-electron chi connectivity index (χ2n) is 2.42. The molecule has 72 valence electrons. The summed E-state index contributed by atoms with van der Waals surface area (Å²) in [5.41, 5.74) is 0. The summed E-state index contributed by atoms with van der Waals surface area (Å²) < 4.78 is 6.41. The average molecular weight is 282 g/mol. The number of thioether (sulfide) groups is 1. The van der Waals surface area contributed by atoms with Crippen molar-refractivity contribution in [2.45, 2.75) is 0 Å². The molecule has 0 aliphatic heterocycles. The molecule has 0 aliphatic carbocycles. The molecule has 0 heterocycles. The quantitative estimate of drug-likeness (QED) is 0.776. The van der Waals surface area contributed by atoms with Crippen molar-refractivity contribution >= 4 is 39.3 Å². The number of ether oxygens (including phenoxy) is 1. The third-order valence-corrected chi connectivity index (χ3v) is 2.87. The van der Waals surface area contributed by atoms with Crippen LogP contribution in [-0.4, -0.2) is 18.6 Å². The highest BCUT2D eigenvalue weighted by molar-refractivity contribution is 9.10. The molecule has 1 aromatic rings. The van der Waals surface area contributed by atoms with Crippen molar-refractivity contribution < 1.29 is 4.74 Å². The van der Waals surface area contributed by atoms with Crippen molar-refractivity contribution in [3.63, 3.8) is 0 Å². The van der Waals surface area contributed by atoms with Crippen LogP contribution in [0.1, 0.15) is 0 Å². The van der Waals surface area contributed by atoms with E-state index < -0.39 is 0 Å². The van der Waals surface area contributed by atoms with E-state index in [2.05, 4.69) is 22.2 Å². The van der Waals surface area contributed by atoms with Crippen molar-refractivity contribution in [3.8, 4) is 5.75 Å². The maximum Gasteiger partial charge on any atom is 0.133 e. The maximum atomic E-state index is 5.79. The van der Waals surface area contributed by atoms with Gasteiger partial charge in [0.1, 0.15) is 5.75 Å². The van der Waals surface area contributed by atoms with Crippen LogP contribution in [0.2, 0.25) is 5.02 Å². The van der Waals surface area contributed by atoms with Crippen LogP contribution < -0.4 is 4.74 Å². The molecule has 0 spiro atoms. The van der Waals surface area contributed by atoms with Gasteiger partial charge in [0.15, 0.2) is 0 Å². The Morgan fingerprint density at radius 1 is 1.54 bits per heavy atom. The van der Waals surface area contributed by atoms with E-state index in [9.17, 15) is 0 Å². The van der Waals surface area contributed by atoms with Crippen molar-refractivity contribution in [2.75, 3.05) is 18.6 Å². The van der Waals surface area contributed by atoms with Crippen LogP contribution in [-0.2, 0) is 0 Å². The Hall–Kier alpha value is 0.140. The van der Waals surface area contributed by atoms with Crippen LogP contribution in [0.3, 0.4) is 0 Å². The van der Waals surface area contributed by atoms with Gasteiger partial charge in [-0.15, -0.1) is 0 Å². The van der Waals surface area contributed by atoms with E-state index in [1.807, 2.05) is 18.2 Å². The Labute approximate surface area is 95.9 Å². The SMILES string of the molecule is CSCCOc1ccc(Cl)cc1Br. The largest absolute Gasteiger partial charge is 0.492 e. The second-order valence-corrected chi connectivity index (χ2v) is 4.69. The molecule has 0 amide bonds. The first-order valence-electron chi connectivity index (χ1n) is 3.81. The van der Waals surface area contributed by atoms with Gasteiger partial charge in [-0.3, -0.25) is 0 Å². The summed E-state index contributed by atoms with van der Waals surface area (Å²) in [5, 5.41) is 0.712. The van der Waals surface area contributed by atoms with Gasteiger partial charge in [-0.2, -0.15) is 11.8 Å². The molecule has 13 heavy (non-hydrogen) atoms. The zero-order chi connectivity index (χ0) is 9.68. The Bertz CT molecular complexity index is 280. The Morgan fingerprint density at radius 3 is 2.92 bits per heavy atom. The molecule has 0 aliphatic rings. The predicted octanol–water partition coefficient (Wildman–Crippen LogP) is 3.84. The van der Waals surface area contributed by atoms with Gasteiger partial charge < -0.3 is 4.74 Å². The molecule has 0 saturated carbocycles. The summed E-state index contributed by atoms with van der Waals surface area (Å²) in [5.74, 6) is 1.84. The van der Waals surface area contributed by atoms with E-state index in [-0.39, 0.29) is 0 Å². The molecule has 0 fully saturated rings. The standard InChI is InChI=1S/C9H10BrClOS/c1-13-5-4-12-9-3-2-7(11)6-8(9)10/h2-3,6H,4-5H2,1H3. The van der Waals surface area contributed by atoms with Crippen LogP contribution in [0.4, 0.5) is 0 Å². The lowest BCUT2D eigenvalue weighted by Gasteiger charge is -2.06. The average Bonchev–Trinajstić information content (AvgIpc) is 2.09. The fraction of sp³-hybridized carbons (Fsp3) is 0.333. The normalized spacial score (nSPS) is 10.1. The van der Waals surface area contributed by atoms with Crippen molar-refractivity contribution in [3.05, 3.63) is 27.7 Å². The molecule has 1 rings (SSSR count). The van der Waals surface area contributed by atoms with E-state index in [4.69, 9.17) is 16.3 Å². The van der Waals surface area contributed by atoms with Crippen molar-refractivity contribution in [1.29, 1.82) is 0 Å². The summed E-state index contributed by atoms with van der Waals surface area (Å²) in [6.45, 7) is 0.724. The molecule has 4 heteroatoms. The van der Waals surface area contributed by atoms with Gasteiger partial charge in [-0.25, -0.2) is 0 Å². The number of hydrogen-bond donors (Lipinski definition) is 0. The second kappa shape index (κ2) is 5.78. The lowest BCUT2D eigenvalue weighted by molar-refractivity contribution is 0.342. The molecule has 0 N–H and O–H groups in total. The highest BCUT2D eigenvalue weighted by Gasteiger charge is 2.00. The van der Waals surface area contributed by atoms with E-state index in [1.165, 1.54) is 0 Å². The van der Waals surface area contributed by atoms with Gasteiger partial charge in [-0.05, 0) is 40.4 Å². The summed E-state index contributed by atoms with van der Waals surface area (Å²) >= 11 is 10.9. The van der Waals surface area contributed by atoms with Crippen LogP contribution in [0, 0.1) is 0 Å². The van der Waals surface area contributed by atoms with Crippen LogP contribution in [0.25, 0.3) is 0 Å². The minimum atomic E-state index is 0.712. The topological polar surface area (TPSA) is 9.23 Å². The first-order valence-corrected chi connectivity index (χ1v) is 6.37. The third-order valence-electron chi connectivity index (χ3n) is 1.44. The van der Waals surface area contributed by atoms with E-state index >= 15 is 0 Å². The molecule has 1 aromatic carbocycles. The number of hydrogen-bond acceptors (Lipinski definition) is 2. The smallest absolute Gasteiger partial charge is 0.133 e. The summed E-state index contributed by atoms with van der Waals surface area (Å²) in [6.07, 6.45) is 2.06. The molecule has 1 nitrogen and oxygen atoms in total. The van der Waals surface area contributed by atoms with Gasteiger partial charge in [0.2, 0.25) is 0 Å². The summed E-state index contributed by atoms with van der Waals surface area (Å²) in [4.78, 5) is 0. The van der Waals surface area contributed by atoms with Gasteiger partial charge in [0, 0.05) is 10.8 Å². The first kappa shape index (κ1) is 11.2. The first-order chi connectivity index (χ1) is 6.24. The third kappa shape index (κ3) is 3.79. The molecule has 0 unspecified atom stereocenters. The van der Waals surface area contributed by atoms with Gasteiger partial charge in [0.05, 0.1) is 11.1 Å². The minimum Gasteiger partial charge on any atom is -0.492 e. The maximum absolute atomic E-state index is 5.79. The van der Waals surface area contributed by atoms with Crippen molar-refractivity contribution in [2.24, 2.45) is 0 Å². The number of benzene rings is 1. The van der Waals surface area contributed by atoms with E-state index in [0.29, 0.717) is 5.02 Å². The van der Waals surface area contributed by atoms with Crippen molar-refractivity contribution in [1.82, 2.24) is 0 Å². The summed E-state index contributed by atoms with van der Waals surface area (Å²) in [7, 11) is 0. The van der Waals surface area contributed by atoms with Gasteiger partial charge in [-0.1, -0.05) is 11.6 Å². The van der Waals surface area contributed by atoms with Gasteiger partial charge in [0.25, 0.3) is 0 Å². The van der Waals surface area contributed by atoms with E-state index in [0.717, 1.165) is 22.6 Å². The predicted molar refractivity (Wildman–Crippen MR) is 63.0 cm³/mol. The van der Waals surface area contributed by atoms with Crippen LogP contribution >= 0.6 is 39.3 Å². The Morgan fingerprint density at radius 2 is 2.31 bits per heavy atom. The van der Waals surface area contributed by atoms with E-state index in [1.54, 1.807) is 11.8 Å². The highest BCUT2D eigenvalue weighted by Crippen LogP contribution is 2.27. The monoisotopic (exact) mass is 280 g/mol. The lowest BCUT2D eigenvalue weighted by atomic mass is 10.3. The number of rotatable bonds is 4. The zero-order valence-corrected chi connectivity index (χ0v) is 10.4. The van der Waals surface area contributed by atoms with Crippen LogP contribution in [0.15, 0.2) is 22.7 Å². The molecule has 0 bridgehead atoms. The molecular formula is C9H10BrClOS. The number of halogens is 2. The molecule has 0 radical (unpaired) electrons. The molecular weight excluding hydrogens is 272 g/mol. The highest BCUT2D eigenvalue weighted by atomic mass is 79.9. The fourth-order valence-corrected chi connectivity index (χ4v) is 1.87.